The summed E-state index contributed by atoms with van der Waals surface area (Å²) in [6, 6.07) is 13.6. The van der Waals surface area contributed by atoms with Gasteiger partial charge < -0.3 is 20.5 Å². The summed E-state index contributed by atoms with van der Waals surface area (Å²) in [6.07, 6.45) is -0.425. The molecule has 0 saturated carbocycles. The van der Waals surface area contributed by atoms with E-state index >= 15 is 0 Å². The number of alkyl carbamates (subject to hydrolysis) is 1. The molecule has 0 aliphatic heterocycles. The lowest BCUT2D eigenvalue weighted by atomic mass is 10.00. The molecule has 3 N–H and O–H groups in total. The van der Waals surface area contributed by atoms with Gasteiger partial charge in [0.05, 0.1) is 7.11 Å². The zero-order valence-electron chi connectivity index (χ0n) is 17.0. The molecular formula is C22H26N2O5. The zero-order chi connectivity index (χ0) is 21.6. The van der Waals surface area contributed by atoms with Crippen LogP contribution in [0.1, 0.15) is 36.7 Å². The van der Waals surface area contributed by atoms with Crippen LogP contribution in [-0.4, -0.2) is 36.7 Å². The molecular weight excluding hydrogens is 372 g/mol. The number of esters is 1. The Bertz CT molecular complexity index is 868. The van der Waals surface area contributed by atoms with Gasteiger partial charge in [-0.25, -0.2) is 9.59 Å². The van der Waals surface area contributed by atoms with Crippen molar-refractivity contribution in [2.45, 2.75) is 38.8 Å². The molecule has 0 spiro atoms. The van der Waals surface area contributed by atoms with Crippen LogP contribution in [0.2, 0.25) is 0 Å². The van der Waals surface area contributed by atoms with Crippen molar-refractivity contribution >= 4 is 18.0 Å². The third-order valence-corrected chi connectivity index (χ3v) is 4.07. The molecule has 0 bridgehead atoms. The third-order valence-electron chi connectivity index (χ3n) is 4.07. The molecule has 0 heterocycles. The largest absolute Gasteiger partial charge is 0.467 e. The Hall–Kier alpha value is -3.35. The number of carbonyl (C=O) groups is 3. The number of carbonyl (C=O) groups excluding carboxylic acids is 3. The molecule has 2 rings (SSSR count). The lowest BCUT2D eigenvalue weighted by Crippen LogP contribution is -2.45. The monoisotopic (exact) mass is 398 g/mol. The molecule has 2 aromatic carbocycles. The normalized spacial score (nSPS) is 12.0. The van der Waals surface area contributed by atoms with Gasteiger partial charge in [-0.3, -0.25) is 4.79 Å². The number of hydrogen-bond donors (Lipinski definition) is 2. The number of primary amides is 1. The van der Waals surface area contributed by atoms with Gasteiger partial charge >= 0.3 is 12.1 Å². The minimum atomic E-state index is -0.865. The van der Waals surface area contributed by atoms with Crippen molar-refractivity contribution in [1.82, 2.24) is 5.32 Å². The second-order valence-electron chi connectivity index (χ2n) is 7.56. The maximum absolute atomic E-state index is 12.1. The molecule has 0 aromatic heterocycles. The van der Waals surface area contributed by atoms with Gasteiger partial charge in [-0.15, -0.1) is 0 Å². The number of benzene rings is 2. The van der Waals surface area contributed by atoms with Crippen molar-refractivity contribution in [2.75, 3.05) is 7.11 Å². The quantitative estimate of drug-likeness (QED) is 0.727. The fourth-order valence-corrected chi connectivity index (χ4v) is 2.68. The molecule has 0 aliphatic rings. The smallest absolute Gasteiger partial charge is 0.408 e. The highest BCUT2D eigenvalue weighted by Crippen LogP contribution is 2.21. The summed E-state index contributed by atoms with van der Waals surface area (Å²) in [5, 5.41) is 2.56. The first-order valence-corrected chi connectivity index (χ1v) is 9.15. The van der Waals surface area contributed by atoms with Crippen LogP contribution in [0.4, 0.5) is 4.79 Å². The van der Waals surface area contributed by atoms with Crippen molar-refractivity contribution in [2.24, 2.45) is 5.73 Å². The minimum absolute atomic E-state index is 0.257. The minimum Gasteiger partial charge on any atom is -0.467 e. The van der Waals surface area contributed by atoms with Gasteiger partial charge in [0.2, 0.25) is 5.91 Å². The number of nitrogens with one attached hydrogen (secondary N) is 1. The molecule has 2 amide bonds. The van der Waals surface area contributed by atoms with Crippen LogP contribution >= 0.6 is 0 Å². The Balaban J connectivity index is 2.10. The number of methoxy groups -OCH3 is 1. The molecule has 0 radical (unpaired) electrons. The summed E-state index contributed by atoms with van der Waals surface area (Å²) < 4.78 is 10.0. The molecule has 7 nitrogen and oxygen atoms in total. The lowest BCUT2D eigenvalue weighted by molar-refractivity contribution is -0.143. The summed E-state index contributed by atoms with van der Waals surface area (Å²) >= 11 is 0. The summed E-state index contributed by atoms with van der Waals surface area (Å²) in [4.78, 5) is 35.3. The second-order valence-corrected chi connectivity index (χ2v) is 7.56. The third kappa shape index (κ3) is 6.64. The van der Waals surface area contributed by atoms with E-state index in [1.807, 2.05) is 36.4 Å². The summed E-state index contributed by atoms with van der Waals surface area (Å²) in [6.45, 7) is 5.23. The van der Waals surface area contributed by atoms with Crippen molar-refractivity contribution < 1.29 is 23.9 Å². The van der Waals surface area contributed by atoms with Gasteiger partial charge in [0.25, 0.3) is 0 Å². The Morgan fingerprint density at radius 2 is 1.48 bits per heavy atom. The van der Waals surface area contributed by atoms with Crippen LogP contribution in [0.3, 0.4) is 0 Å². The van der Waals surface area contributed by atoms with Crippen molar-refractivity contribution in [3.8, 4) is 11.1 Å². The topological polar surface area (TPSA) is 108 Å². The van der Waals surface area contributed by atoms with Crippen LogP contribution in [0.25, 0.3) is 11.1 Å². The second kappa shape index (κ2) is 9.23. The first-order chi connectivity index (χ1) is 13.6. The number of hydrogen-bond acceptors (Lipinski definition) is 5. The predicted octanol–water partition coefficient (Wildman–Crippen LogP) is 3.06. The number of nitrogens with two attached hydrogens (primary N) is 1. The Morgan fingerprint density at radius 3 is 1.93 bits per heavy atom. The van der Waals surface area contributed by atoms with E-state index < -0.39 is 29.6 Å². The molecule has 2 aromatic rings. The molecule has 1 atom stereocenters. The van der Waals surface area contributed by atoms with Gasteiger partial charge in [0.15, 0.2) is 0 Å². The Kier molecular flexibility index (Phi) is 6.98. The molecule has 0 aliphatic carbocycles. The summed E-state index contributed by atoms with van der Waals surface area (Å²) in [7, 11) is 1.27. The van der Waals surface area contributed by atoms with E-state index in [0.717, 1.165) is 16.7 Å². The van der Waals surface area contributed by atoms with E-state index in [1.54, 1.807) is 32.9 Å². The fourth-order valence-electron chi connectivity index (χ4n) is 2.68. The molecule has 154 valence electrons. The van der Waals surface area contributed by atoms with Crippen molar-refractivity contribution in [3.63, 3.8) is 0 Å². The van der Waals surface area contributed by atoms with Crippen LogP contribution in [-0.2, 0) is 20.7 Å². The summed E-state index contributed by atoms with van der Waals surface area (Å²) in [5.41, 5.74) is 7.75. The Morgan fingerprint density at radius 1 is 0.966 bits per heavy atom. The zero-order valence-corrected chi connectivity index (χ0v) is 17.0. The summed E-state index contributed by atoms with van der Waals surface area (Å²) in [5.74, 6) is -1.03. The lowest BCUT2D eigenvalue weighted by Gasteiger charge is -2.22. The maximum Gasteiger partial charge on any atom is 0.408 e. The highest BCUT2D eigenvalue weighted by molar-refractivity contribution is 5.93. The average Bonchev–Trinajstić information content (AvgIpc) is 2.66. The van der Waals surface area contributed by atoms with E-state index in [1.165, 1.54) is 7.11 Å². The van der Waals surface area contributed by atoms with E-state index in [-0.39, 0.29) is 6.42 Å². The van der Waals surface area contributed by atoms with Crippen LogP contribution in [0.15, 0.2) is 48.5 Å². The van der Waals surface area contributed by atoms with Gasteiger partial charge in [-0.1, -0.05) is 36.4 Å². The van der Waals surface area contributed by atoms with E-state index in [4.69, 9.17) is 15.2 Å². The highest BCUT2D eigenvalue weighted by Gasteiger charge is 2.25. The van der Waals surface area contributed by atoms with Crippen molar-refractivity contribution in [3.05, 3.63) is 59.7 Å². The number of ether oxygens (including phenoxy) is 2. The van der Waals surface area contributed by atoms with E-state index in [0.29, 0.717) is 5.56 Å². The average molecular weight is 398 g/mol. The fraction of sp³-hybridized carbons (Fsp3) is 0.318. The maximum atomic E-state index is 12.1. The standard InChI is InChI=1S/C22H26N2O5/c1-22(2,3)29-21(27)24-18(20(26)28-4)13-14-5-7-15(8-6-14)16-9-11-17(12-10-16)19(23)25/h5-12,18H,13H2,1-4H3,(H2,23,25)(H,24,27). The highest BCUT2D eigenvalue weighted by atomic mass is 16.6. The SMILES string of the molecule is COC(=O)C(Cc1ccc(-c2ccc(C(N)=O)cc2)cc1)NC(=O)OC(C)(C)C. The predicted molar refractivity (Wildman–Crippen MR) is 109 cm³/mol. The number of rotatable bonds is 6. The molecule has 29 heavy (non-hydrogen) atoms. The molecule has 0 fully saturated rings. The molecule has 7 heteroatoms. The Labute approximate surface area is 170 Å². The van der Waals surface area contributed by atoms with Gasteiger partial charge in [0.1, 0.15) is 11.6 Å². The van der Waals surface area contributed by atoms with Crippen molar-refractivity contribution in [1.29, 1.82) is 0 Å². The van der Waals surface area contributed by atoms with E-state index in [9.17, 15) is 14.4 Å². The van der Waals surface area contributed by atoms with Gasteiger partial charge in [0, 0.05) is 12.0 Å². The molecule has 1 unspecified atom stereocenters. The van der Waals surface area contributed by atoms with E-state index in [2.05, 4.69) is 5.32 Å². The molecule has 0 saturated heterocycles. The number of amides is 2. The van der Waals surface area contributed by atoms with Gasteiger partial charge in [-0.05, 0) is 49.6 Å². The first kappa shape index (κ1) is 21.9. The van der Waals surface area contributed by atoms with Crippen LogP contribution in [0, 0.1) is 0 Å². The van der Waals surface area contributed by atoms with Crippen LogP contribution < -0.4 is 11.1 Å². The van der Waals surface area contributed by atoms with Gasteiger partial charge in [-0.2, -0.15) is 0 Å². The van der Waals surface area contributed by atoms with Crippen LogP contribution in [0.5, 0.6) is 0 Å². The first-order valence-electron chi connectivity index (χ1n) is 9.15.